The van der Waals surface area contributed by atoms with Gasteiger partial charge in [-0.2, -0.15) is 0 Å². The molecule has 1 aromatic rings. The molecule has 0 amide bonds. The van der Waals surface area contributed by atoms with Crippen LogP contribution in [0.2, 0.25) is 10.0 Å². The molecule has 7 heteroatoms. The summed E-state index contributed by atoms with van der Waals surface area (Å²) in [6, 6.07) is 2.82. The Labute approximate surface area is 121 Å². The van der Waals surface area contributed by atoms with Crippen LogP contribution in [0.1, 0.15) is 18.9 Å². The van der Waals surface area contributed by atoms with E-state index < -0.39 is 18.3 Å². The Morgan fingerprint density at radius 3 is 2.89 bits per heavy atom. The maximum atomic E-state index is 11.3. The van der Waals surface area contributed by atoms with Crippen molar-refractivity contribution in [3.8, 4) is 0 Å². The summed E-state index contributed by atoms with van der Waals surface area (Å²) >= 11 is 12.1. The third-order valence-electron chi connectivity index (χ3n) is 3.27. The predicted octanol–water partition coefficient (Wildman–Crippen LogP) is 2.33. The Balaban J connectivity index is 2.37. The van der Waals surface area contributed by atoms with Crippen molar-refractivity contribution in [3.05, 3.63) is 27.7 Å². The molecule has 0 bridgehead atoms. The maximum Gasteiger partial charge on any atom is 0.321 e. The van der Waals surface area contributed by atoms with Crippen LogP contribution in [0, 0.1) is 0 Å². The average molecular weight is 304 g/mol. The highest BCUT2D eigenvalue weighted by Gasteiger charge is 2.33. The molecule has 19 heavy (non-hydrogen) atoms. The number of rotatable bonds is 3. The second-order valence-corrected chi connectivity index (χ2v) is 5.20. The van der Waals surface area contributed by atoms with Crippen LogP contribution < -0.4 is 11.1 Å². The molecule has 1 aromatic carbocycles. The van der Waals surface area contributed by atoms with Crippen LogP contribution in [0.5, 0.6) is 0 Å². The average Bonchev–Trinajstić information content (AvgIpc) is 2.36. The number of aliphatic carboxylic acids is 1. The summed E-state index contributed by atoms with van der Waals surface area (Å²) in [6.45, 7) is 2.16. The van der Waals surface area contributed by atoms with Crippen molar-refractivity contribution in [2.45, 2.75) is 32.2 Å². The zero-order valence-corrected chi connectivity index (χ0v) is 11.9. The number of benzene rings is 1. The van der Waals surface area contributed by atoms with Gasteiger partial charge in [0.1, 0.15) is 12.3 Å². The van der Waals surface area contributed by atoms with Crippen LogP contribution in [0.25, 0.3) is 0 Å². The molecule has 0 saturated carbocycles. The van der Waals surface area contributed by atoms with Crippen molar-refractivity contribution >= 4 is 34.9 Å². The largest absolute Gasteiger partial charge is 0.480 e. The molecule has 0 radical (unpaired) electrons. The fourth-order valence-electron chi connectivity index (χ4n) is 2.26. The molecular weight excluding hydrogens is 289 g/mol. The van der Waals surface area contributed by atoms with E-state index in [1.807, 2.05) is 0 Å². The molecule has 2 atom stereocenters. The van der Waals surface area contributed by atoms with Gasteiger partial charge in [-0.05, 0) is 18.6 Å². The topological polar surface area (TPSA) is 78.6 Å². The second kappa shape index (κ2) is 5.54. The predicted molar refractivity (Wildman–Crippen MR) is 75.3 cm³/mol. The zero-order valence-electron chi connectivity index (χ0n) is 10.4. The molecule has 0 spiro atoms. The summed E-state index contributed by atoms with van der Waals surface area (Å²) in [5.41, 5.74) is 7.54. The summed E-state index contributed by atoms with van der Waals surface area (Å²) in [6.07, 6.45) is -0.108. The van der Waals surface area contributed by atoms with Gasteiger partial charge in [0.25, 0.3) is 0 Å². The number of nitrogens with two attached hydrogens (primary N) is 1. The van der Waals surface area contributed by atoms with Crippen LogP contribution in [-0.4, -0.2) is 28.3 Å². The van der Waals surface area contributed by atoms with Crippen LogP contribution in [0.4, 0.5) is 5.69 Å². The van der Waals surface area contributed by atoms with Gasteiger partial charge in [-0.1, -0.05) is 30.1 Å². The lowest BCUT2D eigenvalue weighted by Gasteiger charge is -2.39. The normalized spacial score (nSPS) is 20.5. The summed E-state index contributed by atoms with van der Waals surface area (Å²) in [5, 5.41) is 13.2. The summed E-state index contributed by atoms with van der Waals surface area (Å²) in [4.78, 5) is 12.9. The summed E-state index contributed by atoms with van der Waals surface area (Å²) in [5.74, 6) is -0.902. The van der Waals surface area contributed by atoms with Crippen LogP contribution in [0.15, 0.2) is 12.1 Å². The van der Waals surface area contributed by atoms with Crippen molar-refractivity contribution in [2.75, 3.05) is 5.32 Å². The minimum atomic E-state index is -0.902. The first kappa shape index (κ1) is 14.4. The molecule has 104 valence electrons. The third-order valence-corrected chi connectivity index (χ3v) is 4.11. The first-order valence-electron chi connectivity index (χ1n) is 5.93. The van der Waals surface area contributed by atoms with Gasteiger partial charge in [0.05, 0.1) is 10.0 Å². The fourth-order valence-corrected chi connectivity index (χ4v) is 2.66. The molecule has 2 rings (SSSR count). The van der Waals surface area contributed by atoms with E-state index in [-0.39, 0.29) is 0 Å². The maximum absolute atomic E-state index is 11.3. The molecule has 0 saturated heterocycles. The van der Waals surface area contributed by atoms with Gasteiger partial charge in [-0.25, -0.2) is 0 Å². The third kappa shape index (κ3) is 2.65. The number of fused-ring (bicyclic) bond motifs is 1. The quantitative estimate of drug-likeness (QED) is 0.799. The van der Waals surface area contributed by atoms with E-state index in [2.05, 4.69) is 5.32 Å². The Morgan fingerprint density at radius 2 is 2.32 bits per heavy atom. The van der Waals surface area contributed by atoms with E-state index in [1.165, 1.54) is 0 Å². The highest BCUT2D eigenvalue weighted by molar-refractivity contribution is 6.42. The van der Waals surface area contributed by atoms with Crippen molar-refractivity contribution in [1.29, 1.82) is 0 Å². The van der Waals surface area contributed by atoms with Gasteiger partial charge >= 0.3 is 5.97 Å². The Morgan fingerprint density at radius 1 is 1.63 bits per heavy atom. The molecule has 0 aliphatic carbocycles. The number of nitrogens with zero attached hydrogens (tertiary/aromatic N) is 1. The van der Waals surface area contributed by atoms with Crippen molar-refractivity contribution in [3.63, 3.8) is 0 Å². The van der Waals surface area contributed by atoms with Gasteiger partial charge in [-0.3, -0.25) is 15.4 Å². The Kier molecular flexibility index (Phi) is 4.20. The van der Waals surface area contributed by atoms with E-state index in [4.69, 9.17) is 28.9 Å². The standard InChI is InChI=1S/C12H15Cl2N3O2/c1-2-9(11(18)19)17-5-6-8(16-12(17)15)4-3-7(13)10(6)14/h3-4,9,12,16H,2,5,15H2,1H3,(H,18,19). The minimum Gasteiger partial charge on any atom is -0.480 e. The molecule has 0 aromatic heterocycles. The highest BCUT2D eigenvalue weighted by Crippen LogP contribution is 2.36. The number of halogens is 2. The second-order valence-electron chi connectivity index (χ2n) is 4.41. The number of hydrogen-bond donors (Lipinski definition) is 3. The van der Waals surface area contributed by atoms with E-state index in [0.717, 1.165) is 11.3 Å². The highest BCUT2D eigenvalue weighted by atomic mass is 35.5. The first-order valence-corrected chi connectivity index (χ1v) is 6.68. The number of carbonyl (C=O) groups is 1. The van der Waals surface area contributed by atoms with Crippen LogP contribution >= 0.6 is 23.2 Å². The number of anilines is 1. The van der Waals surface area contributed by atoms with E-state index in [0.29, 0.717) is 23.0 Å². The molecule has 1 aliphatic rings. The Bertz CT molecular complexity index is 510. The minimum absolute atomic E-state index is 0.355. The van der Waals surface area contributed by atoms with Gasteiger partial charge in [0, 0.05) is 17.8 Å². The number of carboxylic acids is 1. The molecular formula is C12H15Cl2N3O2. The number of carboxylic acid groups (broad SMARTS) is 1. The van der Waals surface area contributed by atoms with Gasteiger partial charge < -0.3 is 10.4 Å². The molecule has 0 fully saturated rings. The Hall–Kier alpha value is -1.01. The van der Waals surface area contributed by atoms with Crippen LogP contribution in [0.3, 0.4) is 0 Å². The molecule has 2 unspecified atom stereocenters. The smallest absolute Gasteiger partial charge is 0.321 e. The molecule has 5 nitrogen and oxygen atoms in total. The van der Waals surface area contributed by atoms with E-state index in [9.17, 15) is 9.90 Å². The van der Waals surface area contributed by atoms with Crippen molar-refractivity contribution in [2.24, 2.45) is 5.73 Å². The van der Waals surface area contributed by atoms with Gasteiger partial charge in [-0.15, -0.1) is 0 Å². The lowest BCUT2D eigenvalue weighted by Crippen LogP contribution is -2.56. The van der Waals surface area contributed by atoms with Gasteiger partial charge in [0.15, 0.2) is 0 Å². The number of nitrogens with one attached hydrogen (secondary N) is 1. The lowest BCUT2D eigenvalue weighted by atomic mass is 10.1. The van der Waals surface area contributed by atoms with Crippen molar-refractivity contribution in [1.82, 2.24) is 4.90 Å². The fraction of sp³-hybridized carbons (Fsp3) is 0.417. The van der Waals surface area contributed by atoms with E-state index in [1.54, 1.807) is 24.0 Å². The van der Waals surface area contributed by atoms with Crippen LogP contribution in [-0.2, 0) is 11.3 Å². The van der Waals surface area contributed by atoms with E-state index >= 15 is 0 Å². The molecule has 4 N–H and O–H groups in total. The lowest BCUT2D eigenvalue weighted by molar-refractivity contribution is -0.144. The van der Waals surface area contributed by atoms with Crippen molar-refractivity contribution < 1.29 is 9.90 Å². The zero-order chi connectivity index (χ0) is 14.2. The molecule has 1 heterocycles. The number of hydrogen-bond acceptors (Lipinski definition) is 4. The van der Waals surface area contributed by atoms with Gasteiger partial charge in [0.2, 0.25) is 0 Å². The monoisotopic (exact) mass is 303 g/mol. The summed E-state index contributed by atoms with van der Waals surface area (Å²) < 4.78 is 0. The summed E-state index contributed by atoms with van der Waals surface area (Å²) in [7, 11) is 0. The molecule has 1 aliphatic heterocycles. The first-order chi connectivity index (χ1) is 8.95. The SMILES string of the molecule is CCC(C(=O)O)N1Cc2c(ccc(Cl)c2Cl)NC1N.